The van der Waals surface area contributed by atoms with Crippen LogP contribution in [-0.4, -0.2) is 27.6 Å². The van der Waals surface area contributed by atoms with E-state index in [1.165, 1.54) is 0 Å². The SMILES string of the molecule is N#Cc1cccc(NC(=O)N2CCCC2c2nc(-c3ccc(Cl)cc3)no2)c1. The molecule has 8 heteroatoms. The third-order valence-corrected chi connectivity index (χ3v) is 4.84. The number of anilines is 1. The number of halogens is 1. The fourth-order valence-electron chi connectivity index (χ4n) is 3.22. The molecule has 1 fully saturated rings. The summed E-state index contributed by atoms with van der Waals surface area (Å²) in [4.78, 5) is 18.9. The molecule has 2 aromatic carbocycles. The topological polar surface area (TPSA) is 95.1 Å². The average Bonchev–Trinajstić information content (AvgIpc) is 3.38. The third-order valence-electron chi connectivity index (χ3n) is 4.59. The number of nitriles is 1. The highest BCUT2D eigenvalue weighted by Gasteiger charge is 2.34. The lowest BCUT2D eigenvalue weighted by molar-refractivity contribution is 0.193. The van der Waals surface area contributed by atoms with Crippen molar-refractivity contribution < 1.29 is 9.32 Å². The van der Waals surface area contributed by atoms with E-state index in [9.17, 15) is 4.79 Å². The van der Waals surface area contributed by atoms with Crippen molar-refractivity contribution in [2.75, 3.05) is 11.9 Å². The van der Waals surface area contributed by atoms with Crippen LogP contribution >= 0.6 is 11.6 Å². The molecule has 140 valence electrons. The first-order chi connectivity index (χ1) is 13.6. The van der Waals surface area contributed by atoms with Crippen molar-refractivity contribution in [3.05, 3.63) is 65.0 Å². The van der Waals surface area contributed by atoms with Gasteiger partial charge < -0.3 is 14.7 Å². The Labute approximate surface area is 166 Å². The van der Waals surface area contributed by atoms with Crippen LogP contribution in [-0.2, 0) is 0 Å². The van der Waals surface area contributed by atoms with E-state index in [1.807, 2.05) is 12.1 Å². The summed E-state index contributed by atoms with van der Waals surface area (Å²) in [5.41, 5.74) is 1.85. The minimum absolute atomic E-state index is 0.260. The second-order valence-corrected chi connectivity index (χ2v) is 6.87. The lowest BCUT2D eigenvalue weighted by Crippen LogP contribution is -2.34. The maximum Gasteiger partial charge on any atom is 0.322 e. The summed E-state index contributed by atoms with van der Waals surface area (Å²) >= 11 is 5.91. The molecule has 2 amide bonds. The summed E-state index contributed by atoms with van der Waals surface area (Å²) in [6.45, 7) is 0.590. The zero-order valence-corrected chi connectivity index (χ0v) is 15.6. The largest absolute Gasteiger partial charge is 0.337 e. The maximum atomic E-state index is 12.7. The van der Waals surface area contributed by atoms with E-state index in [4.69, 9.17) is 21.4 Å². The smallest absolute Gasteiger partial charge is 0.322 e. The minimum atomic E-state index is -0.285. The second kappa shape index (κ2) is 7.71. The molecule has 1 saturated heterocycles. The van der Waals surface area contributed by atoms with Crippen LogP contribution in [0.25, 0.3) is 11.4 Å². The van der Waals surface area contributed by atoms with Crippen LogP contribution in [0, 0.1) is 11.3 Å². The van der Waals surface area contributed by atoms with E-state index in [2.05, 4.69) is 21.5 Å². The van der Waals surface area contributed by atoms with E-state index in [1.54, 1.807) is 41.3 Å². The molecule has 7 nitrogen and oxygen atoms in total. The van der Waals surface area contributed by atoms with Gasteiger partial charge in [-0.3, -0.25) is 0 Å². The Hall–Kier alpha value is -3.37. The number of hydrogen-bond acceptors (Lipinski definition) is 5. The molecule has 0 spiro atoms. The highest BCUT2D eigenvalue weighted by Crippen LogP contribution is 2.32. The predicted octanol–water partition coefficient (Wildman–Crippen LogP) is 4.63. The number of nitrogens with zero attached hydrogens (tertiary/aromatic N) is 4. The fourth-order valence-corrected chi connectivity index (χ4v) is 3.34. The molecule has 1 unspecified atom stereocenters. The highest BCUT2D eigenvalue weighted by molar-refractivity contribution is 6.30. The van der Waals surface area contributed by atoms with Crippen LogP contribution < -0.4 is 5.32 Å². The molecule has 0 radical (unpaired) electrons. The summed E-state index contributed by atoms with van der Waals surface area (Å²) in [5, 5.41) is 16.5. The van der Waals surface area contributed by atoms with Crippen molar-refractivity contribution in [3.63, 3.8) is 0 Å². The first-order valence-electron chi connectivity index (χ1n) is 8.81. The average molecular weight is 394 g/mol. The lowest BCUT2D eigenvalue weighted by atomic mass is 10.2. The van der Waals surface area contributed by atoms with Gasteiger partial charge >= 0.3 is 6.03 Å². The molecular weight excluding hydrogens is 378 g/mol. The van der Waals surface area contributed by atoms with E-state index in [0.717, 1.165) is 18.4 Å². The third kappa shape index (κ3) is 3.68. The number of urea groups is 1. The molecule has 3 aromatic rings. The summed E-state index contributed by atoms with van der Waals surface area (Å²) in [6, 6.07) is 15.5. The molecular formula is C20H16ClN5O2. The van der Waals surface area contributed by atoms with E-state index < -0.39 is 0 Å². The van der Waals surface area contributed by atoms with Gasteiger partial charge in [0.15, 0.2) is 0 Å². The number of nitrogens with one attached hydrogen (secondary N) is 1. The normalized spacial score (nSPS) is 16.0. The monoisotopic (exact) mass is 393 g/mol. The van der Waals surface area contributed by atoms with Crippen molar-refractivity contribution in [2.24, 2.45) is 0 Å². The number of aromatic nitrogens is 2. The number of benzene rings is 2. The Balaban J connectivity index is 1.51. The number of carbonyl (C=O) groups is 1. The van der Waals surface area contributed by atoms with Gasteiger partial charge in [-0.2, -0.15) is 10.2 Å². The summed E-state index contributed by atoms with van der Waals surface area (Å²) in [6.07, 6.45) is 1.59. The second-order valence-electron chi connectivity index (χ2n) is 6.44. The summed E-state index contributed by atoms with van der Waals surface area (Å²) in [5.74, 6) is 0.865. The molecule has 2 heterocycles. The van der Waals surface area contributed by atoms with Crippen LogP contribution in [0.3, 0.4) is 0 Å². The molecule has 1 aliphatic heterocycles. The van der Waals surface area contributed by atoms with Crippen molar-refractivity contribution in [2.45, 2.75) is 18.9 Å². The van der Waals surface area contributed by atoms with E-state index >= 15 is 0 Å². The fraction of sp³-hybridized carbons (Fsp3) is 0.200. The van der Waals surface area contributed by atoms with Gasteiger partial charge in [-0.05, 0) is 55.3 Å². The van der Waals surface area contributed by atoms with Gasteiger partial charge in [0, 0.05) is 22.8 Å². The number of carbonyl (C=O) groups excluding carboxylic acids is 1. The van der Waals surface area contributed by atoms with Crippen LogP contribution in [0.1, 0.15) is 30.3 Å². The summed E-state index contributed by atoms with van der Waals surface area (Å²) in [7, 11) is 0. The van der Waals surface area contributed by atoms with Crippen LogP contribution in [0.5, 0.6) is 0 Å². The van der Waals surface area contributed by atoms with Crippen molar-refractivity contribution in [3.8, 4) is 17.5 Å². The molecule has 0 bridgehead atoms. The van der Waals surface area contributed by atoms with Gasteiger partial charge in [-0.15, -0.1) is 0 Å². The van der Waals surface area contributed by atoms with Gasteiger partial charge in [0.1, 0.15) is 6.04 Å². The molecule has 28 heavy (non-hydrogen) atoms. The lowest BCUT2D eigenvalue weighted by Gasteiger charge is -2.22. The molecule has 1 aromatic heterocycles. The molecule has 0 aliphatic carbocycles. The minimum Gasteiger partial charge on any atom is -0.337 e. The standard InChI is InChI=1S/C20H16ClN5O2/c21-15-8-6-14(7-9-15)18-24-19(28-25-18)17-5-2-10-26(17)20(27)23-16-4-1-3-13(11-16)12-22/h1,3-4,6-9,11,17H,2,5,10H2,(H,23,27). The Kier molecular flexibility index (Phi) is 4.96. The predicted molar refractivity (Wildman–Crippen MR) is 104 cm³/mol. The quantitative estimate of drug-likeness (QED) is 0.699. The van der Waals surface area contributed by atoms with Gasteiger partial charge in [-0.1, -0.05) is 22.8 Å². The maximum absolute atomic E-state index is 12.7. The van der Waals surface area contributed by atoms with Gasteiger partial charge in [0.25, 0.3) is 0 Å². The summed E-state index contributed by atoms with van der Waals surface area (Å²) < 4.78 is 5.44. The Morgan fingerprint density at radius 2 is 2.11 bits per heavy atom. The van der Waals surface area contributed by atoms with Crippen LogP contribution in [0.15, 0.2) is 53.1 Å². The van der Waals surface area contributed by atoms with Crippen molar-refractivity contribution in [1.29, 1.82) is 5.26 Å². The highest BCUT2D eigenvalue weighted by atomic mass is 35.5. The zero-order valence-electron chi connectivity index (χ0n) is 14.8. The van der Waals surface area contributed by atoms with Gasteiger partial charge in [-0.25, -0.2) is 4.79 Å². The molecule has 0 saturated carbocycles. The zero-order chi connectivity index (χ0) is 19.5. The Morgan fingerprint density at radius 3 is 2.89 bits per heavy atom. The van der Waals surface area contributed by atoms with Crippen LogP contribution in [0.4, 0.5) is 10.5 Å². The molecule has 4 rings (SSSR count). The van der Waals surface area contributed by atoms with E-state index in [0.29, 0.717) is 34.5 Å². The Bertz CT molecular complexity index is 1040. The number of likely N-dealkylation sites (tertiary alicyclic amines) is 1. The van der Waals surface area contributed by atoms with Gasteiger partial charge in [0.2, 0.25) is 11.7 Å². The molecule has 1 N–H and O–H groups in total. The van der Waals surface area contributed by atoms with Crippen molar-refractivity contribution >= 4 is 23.3 Å². The van der Waals surface area contributed by atoms with Crippen LogP contribution in [0.2, 0.25) is 5.02 Å². The first-order valence-corrected chi connectivity index (χ1v) is 9.19. The number of rotatable bonds is 3. The van der Waals surface area contributed by atoms with Crippen molar-refractivity contribution in [1.82, 2.24) is 15.0 Å². The van der Waals surface area contributed by atoms with E-state index in [-0.39, 0.29) is 12.1 Å². The first kappa shape index (κ1) is 18.0. The molecule has 1 atom stereocenters. The molecule has 1 aliphatic rings. The Morgan fingerprint density at radius 1 is 1.29 bits per heavy atom. The van der Waals surface area contributed by atoms with Gasteiger partial charge in [0.05, 0.1) is 11.6 Å². The number of amides is 2. The number of hydrogen-bond donors (Lipinski definition) is 1.